The lowest BCUT2D eigenvalue weighted by atomic mass is 10.1. The van der Waals surface area contributed by atoms with Gasteiger partial charge in [-0.05, 0) is 45.0 Å². The lowest BCUT2D eigenvalue weighted by molar-refractivity contribution is -0.0586. The fourth-order valence-electron chi connectivity index (χ4n) is 2.95. The lowest BCUT2D eigenvalue weighted by Gasteiger charge is -2.35. The monoisotopic (exact) mass is 329 g/mol. The smallest absolute Gasteiger partial charge is 0.254 e. The molecule has 2 heterocycles. The van der Waals surface area contributed by atoms with Crippen molar-refractivity contribution in [2.45, 2.75) is 39.5 Å². The summed E-state index contributed by atoms with van der Waals surface area (Å²) in [5.74, 6) is 0.845. The number of morpholine rings is 1. The van der Waals surface area contributed by atoms with E-state index in [9.17, 15) is 4.79 Å². The van der Waals surface area contributed by atoms with Crippen LogP contribution in [0.1, 0.15) is 35.7 Å². The Labute approximate surface area is 141 Å². The molecule has 0 bridgehead atoms. The first-order valence-corrected chi connectivity index (χ1v) is 8.22. The Morgan fingerprint density at radius 3 is 2.50 bits per heavy atom. The molecule has 1 fully saturated rings. The summed E-state index contributed by atoms with van der Waals surface area (Å²) in [7, 11) is 0. The molecule has 24 heavy (non-hydrogen) atoms. The number of hydrogen-bond donors (Lipinski definition) is 1. The molecule has 2 unspecified atom stereocenters. The molecule has 1 amide bonds. The van der Waals surface area contributed by atoms with Gasteiger partial charge in [-0.25, -0.2) is 0 Å². The summed E-state index contributed by atoms with van der Waals surface area (Å²) in [6.45, 7) is 7.71. The standard InChI is InChI=1S/C18H23N3O3/c1-12-8-17(20-24-12)9-19-16-6-4-15(5-7-16)18(22)21-10-13(2)23-14(3)11-21/h4-8,13-14,19H,9-11H2,1-3H3. The fraction of sp³-hybridized carbons (Fsp3) is 0.444. The second-order valence-corrected chi connectivity index (χ2v) is 6.33. The van der Waals surface area contributed by atoms with Gasteiger partial charge in [-0.15, -0.1) is 0 Å². The van der Waals surface area contributed by atoms with Crippen LogP contribution in [-0.2, 0) is 11.3 Å². The number of ether oxygens (including phenoxy) is 1. The number of aryl methyl sites for hydroxylation is 1. The lowest BCUT2D eigenvalue weighted by Crippen LogP contribution is -2.48. The Hall–Kier alpha value is -2.34. The van der Waals surface area contributed by atoms with Crippen LogP contribution >= 0.6 is 0 Å². The van der Waals surface area contributed by atoms with Crippen LogP contribution in [0.3, 0.4) is 0 Å². The fourth-order valence-corrected chi connectivity index (χ4v) is 2.95. The van der Waals surface area contributed by atoms with Gasteiger partial charge in [0.05, 0.1) is 18.8 Å². The molecule has 1 aromatic heterocycles. The molecule has 1 saturated heterocycles. The van der Waals surface area contributed by atoms with E-state index in [1.165, 1.54) is 0 Å². The van der Waals surface area contributed by atoms with E-state index in [1.54, 1.807) is 0 Å². The number of rotatable bonds is 4. The first-order valence-electron chi connectivity index (χ1n) is 8.22. The van der Waals surface area contributed by atoms with Crippen molar-refractivity contribution < 1.29 is 14.1 Å². The first-order chi connectivity index (χ1) is 11.5. The molecule has 1 aliphatic rings. The number of anilines is 1. The Bertz CT molecular complexity index is 686. The molecule has 6 nitrogen and oxygen atoms in total. The van der Waals surface area contributed by atoms with Crippen LogP contribution in [0, 0.1) is 6.92 Å². The van der Waals surface area contributed by atoms with Gasteiger partial charge in [-0.2, -0.15) is 0 Å². The highest BCUT2D eigenvalue weighted by Gasteiger charge is 2.26. The SMILES string of the molecule is Cc1cc(CNc2ccc(C(=O)N3CC(C)OC(C)C3)cc2)no1. The van der Waals surface area contributed by atoms with Crippen molar-refractivity contribution in [2.24, 2.45) is 0 Å². The molecule has 1 aromatic carbocycles. The van der Waals surface area contributed by atoms with E-state index >= 15 is 0 Å². The third-order valence-corrected chi connectivity index (χ3v) is 3.99. The molecular formula is C18H23N3O3. The van der Waals surface area contributed by atoms with Gasteiger partial charge in [0.25, 0.3) is 5.91 Å². The molecule has 6 heteroatoms. The van der Waals surface area contributed by atoms with Crippen molar-refractivity contribution in [3.63, 3.8) is 0 Å². The summed E-state index contributed by atoms with van der Waals surface area (Å²) >= 11 is 0. The topological polar surface area (TPSA) is 67.6 Å². The molecule has 3 rings (SSSR count). The van der Waals surface area contributed by atoms with Crippen molar-refractivity contribution in [3.05, 3.63) is 47.3 Å². The second kappa shape index (κ2) is 7.05. The highest BCUT2D eigenvalue weighted by molar-refractivity contribution is 5.94. The van der Waals surface area contributed by atoms with Crippen molar-refractivity contribution in [1.82, 2.24) is 10.1 Å². The number of carbonyl (C=O) groups is 1. The van der Waals surface area contributed by atoms with Gasteiger partial charge in [0, 0.05) is 30.4 Å². The average molecular weight is 329 g/mol. The van der Waals surface area contributed by atoms with Crippen LogP contribution < -0.4 is 5.32 Å². The van der Waals surface area contributed by atoms with Crippen LogP contribution in [0.4, 0.5) is 5.69 Å². The minimum absolute atomic E-state index is 0.0516. The van der Waals surface area contributed by atoms with Crippen molar-refractivity contribution in [2.75, 3.05) is 18.4 Å². The maximum Gasteiger partial charge on any atom is 0.254 e. The predicted molar refractivity (Wildman–Crippen MR) is 90.9 cm³/mol. The van der Waals surface area contributed by atoms with Gasteiger partial charge in [-0.1, -0.05) is 5.16 Å². The van der Waals surface area contributed by atoms with Crippen molar-refractivity contribution in [1.29, 1.82) is 0 Å². The number of nitrogens with zero attached hydrogens (tertiary/aromatic N) is 2. The van der Waals surface area contributed by atoms with Crippen LogP contribution in [0.2, 0.25) is 0 Å². The summed E-state index contributed by atoms with van der Waals surface area (Å²) in [5.41, 5.74) is 2.49. The molecule has 2 aromatic rings. The van der Waals surface area contributed by atoms with Crippen molar-refractivity contribution >= 4 is 11.6 Å². The summed E-state index contributed by atoms with van der Waals surface area (Å²) in [6, 6.07) is 9.42. The Balaban J connectivity index is 1.60. The van der Waals surface area contributed by atoms with E-state index < -0.39 is 0 Å². The largest absolute Gasteiger partial charge is 0.379 e. The van der Waals surface area contributed by atoms with Gasteiger partial charge in [0.1, 0.15) is 11.5 Å². The number of hydrogen-bond acceptors (Lipinski definition) is 5. The number of nitrogens with one attached hydrogen (secondary N) is 1. The molecule has 1 aliphatic heterocycles. The molecule has 0 radical (unpaired) electrons. The summed E-state index contributed by atoms with van der Waals surface area (Å²) in [5, 5.41) is 7.21. The van der Waals surface area contributed by atoms with Gasteiger partial charge in [0.2, 0.25) is 0 Å². The van der Waals surface area contributed by atoms with Gasteiger partial charge < -0.3 is 19.5 Å². The zero-order chi connectivity index (χ0) is 17.1. The van der Waals surface area contributed by atoms with Crippen LogP contribution in [0.15, 0.2) is 34.9 Å². The molecular weight excluding hydrogens is 306 g/mol. The third-order valence-electron chi connectivity index (χ3n) is 3.99. The van der Waals surface area contributed by atoms with Crippen LogP contribution in [0.25, 0.3) is 0 Å². The Morgan fingerprint density at radius 2 is 1.92 bits per heavy atom. The maximum absolute atomic E-state index is 12.6. The maximum atomic E-state index is 12.6. The number of amides is 1. The number of aromatic nitrogens is 1. The highest BCUT2D eigenvalue weighted by atomic mass is 16.5. The molecule has 0 spiro atoms. The van der Waals surface area contributed by atoms with E-state index in [2.05, 4.69) is 10.5 Å². The highest BCUT2D eigenvalue weighted by Crippen LogP contribution is 2.17. The molecule has 0 saturated carbocycles. The van der Waals surface area contributed by atoms with E-state index in [4.69, 9.17) is 9.26 Å². The zero-order valence-electron chi connectivity index (χ0n) is 14.3. The summed E-state index contributed by atoms with van der Waals surface area (Å²) in [6.07, 6.45) is 0.147. The number of carbonyl (C=O) groups excluding carboxylic acids is 1. The van der Waals surface area contributed by atoms with Gasteiger partial charge in [0.15, 0.2) is 0 Å². The minimum atomic E-state index is 0.0516. The van der Waals surface area contributed by atoms with E-state index in [0.29, 0.717) is 25.2 Å². The molecule has 2 atom stereocenters. The zero-order valence-corrected chi connectivity index (χ0v) is 14.3. The molecule has 0 aliphatic carbocycles. The quantitative estimate of drug-likeness (QED) is 0.934. The molecule has 1 N–H and O–H groups in total. The van der Waals surface area contributed by atoms with E-state index in [1.807, 2.05) is 56.0 Å². The summed E-state index contributed by atoms with van der Waals surface area (Å²) < 4.78 is 10.7. The Morgan fingerprint density at radius 1 is 1.25 bits per heavy atom. The van der Waals surface area contributed by atoms with E-state index in [0.717, 1.165) is 17.1 Å². The van der Waals surface area contributed by atoms with Crippen molar-refractivity contribution in [3.8, 4) is 0 Å². The normalized spacial score (nSPS) is 20.9. The summed E-state index contributed by atoms with van der Waals surface area (Å²) in [4.78, 5) is 14.5. The Kier molecular flexibility index (Phi) is 4.85. The third kappa shape index (κ3) is 3.94. The van der Waals surface area contributed by atoms with Crippen LogP contribution in [0.5, 0.6) is 0 Å². The van der Waals surface area contributed by atoms with Gasteiger partial charge >= 0.3 is 0 Å². The number of benzene rings is 1. The van der Waals surface area contributed by atoms with Gasteiger partial charge in [-0.3, -0.25) is 4.79 Å². The molecule has 128 valence electrons. The van der Waals surface area contributed by atoms with E-state index in [-0.39, 0.29) is 18.1 Å². The first kappa shape index (κ1) is 16.5. The van der Waals surface area contributed by atoms with Crippen LogP contribution in [-0.4, -0.2) is 41.3 Å². The second-order valence-electron chi connectivity index (χ2n) is 6.33. The average Bonchev–Trinajstić information content (AvgIpc) is 2.97. The predicted octanol–water partition coefficient (Wildman–Crippen LogP) is 2.84. The minimum Gasteiger partial charge on any atom is -0.379 e.